The summed E-state index contributed by atoms with van der Waals surface area (Å²) in [4.78, 5) is 22.6. The molecule has 0 aliphatic rings. The summed E-state index contributed by atoms with van der Waals surface area (Å²) in [7, 11) is 1.82. The first-order valence-corrected chi connectivity index (χ1v) is 6.44. The zero-order valence-corrected chi connectivity index (χ0v) is 11.4. The van der Waals surface area contributed by atoms with E-state index in [9.17, 15) is 14.9 Å². The standard InChI is InChI=1S/C15H13N3O3/c1-16-7-2-3-14(16)15(19)10-17-8-6-11-9-12(18(20)21)4-5-13(11)17/h2-9H,10H2,1H3. The van der Waals surface area contributed by atoms with Crippen LogP contribution in [0.2, 0.25) is 0 Å². The van der Waals surface area contributed by atoms with Crippen LogP contribution in [0.1, 0.15) is 10.5 Å². The molecule has 6 heteroatoms. The number of non-ortho nitro benzene ring substituents is 1. The summed E-state index contributed by atoms with van der Waals surface area (Å²) in [6.45, 7) is 0.208. The number of carbonyl (C=O) groups is 1. The van der Waals surface area contributed by atoms with Crippen LogP contribution in [0.4, 0.5) is 5.69 Å². The summed E-state index contributed by atoms with van der Waals surface area (Å²) in [5, 5.41) is 11.5. The Kier molecular flexibility index (Phi) is 3.06. The van der Waals surface area contributed by atoms with Crippen molar-refractivity contribution in [1.29, 1.82) is 0 Å². The number of hydrogen-bond acceptors (Lipinski definition) is 3. The third-order valence-corrected chi connectivity index (χ3v) is 3.51. The molecule has 0 aliphatic carbocycles. The van der Waals surface area contributed by atoms with Gasteiger partial charge in [0.1, 0.15) is 0 Å². The maximum Gasteiger partial charge on any atom is 0.270 e. The van der Waals surface area contributed by atoms with E-state index in [2.05, 4.69) is 0 Å². The van der Waals surface area contributed by atoms with Crippen LogP contribution in [0.15, 0.2) is 48.8 Å². The number of aryl methyl sites for hydroxylation is 1. The van der Waals surface area contributed by atoms with E-state index in [4.69, 9.17) is 0 Å². The summed E-state index contributed by atoms with van der Waals surface area (Å²) in [6.07, 6.45) is 3.60. The largest absolute Gasteiger partial charge is 0.348 e. The second-order valence-corrected chi connectivity index (χ2v) is 4.87. The van der Waals surface area contributed by atoms with E-state index >= 15 is 0 Å². The number of rotatable bonds is 4. The molecule has 0 saturated heterocycles. The summed E-state index contributed by atoms with van der Waals surface area (Å²) < 4.78 is 3.58. The van der Waals surface area contributed by atoms with Crippen molar-refractivity contribution in [3.05, 3.63) is 64.6 Å². The van der Waals surface area contributed by atoms with Crippen LogP contribution in [0.5, 0.6) is 0 Å². The lowest BCUT2D eigenvalue weighted by Gasteiger charge is -2.06. The van der Waals surface area contributed by atoms with Gasteiger partial charge in [-0.2, -0.15) is 0 Å². The Morgan fingerprint density at radius 2 is 2.05 bits per heavy atom. The number of Topliss-reactive ketones (excluding diaryl/α,β-unsaturated/α-hetero) is 1. The molecule has 21 heavy (non-hydrogen) atoms. The van der Waals surface area contributed by atoms with Gasteiger partial charge in [-0.3, -0.25) is 14.9 Å². The number of nitro groups is 1. The maximum atomic E-state index is 12.3. The summed E-state index contributed by atoms with van der Waals surface area (Å²) in [6, 6.07) is 10.0. The van der Waals surface area contributed by atoms with Crippen LogP contribution in [0, 0.1) is 10.1 Å². The molecule has 0 spiro atoms. The smallest absolute Gasteiger partial charge is 0.270 e. The molecule has 2 heterocycles. The van der Waals surface area contributed by atoms with Gasteiger partial charge in [0.25, 0.3) is 5.69 Å². The van der Waals surface area contributed by atoms with Crippen LogP contribution in [0.25, 0.3) is 10.9 Å². The van der Waals surface area contributed by atoms with Gasteiger partial charge in [0.15, 0.2) is 5.78 Å². The Morgan fingerprint density at radius 1 is 1.24 bits per heavy atom. The highest BCUT2D eigenvalue weighted by Gasteiger charge is 2.13. The normalized spacial score (nSPS) is 10.9. The quantitative estimate of drug-likeness (QED) is 0.420. The minimum atomic E-state index is -0.425. The molecule has 106 valence electrons. The highest BCUT2D eigenvalue weighted by Crippen LogP contribution is 2.22. The highest BCUT2D eigenvalue weighted by molar-refractivity contribution is 5.95. The van der Waals surface area contributed by atoms with E-state index in [1.165, 1.54) is 12.1 Å². The summed E-state index contributed by atoms with van der Waals surface area (Å²) >= 11 is 0. The molecule has 3 rings (SSSR count). The van der Waals surface area contributed by atoms with E-state index in [1.54, 1.807) is 33.5 Å². The number of nitro benzene ring substituents is 1. The second kappa shape index (κ2) is 4.90. The van der Waals surface area contributed by atoms with Crippen molar-refractivity contribution in [3.8, 4) is 0 Å². The number of carbonyl (C=O) groups excluding carboxylic acids is 1. The monoisotopic (exact) mass is 283 g/mol. The number of benzene rings is 1. The molecule has 0 saturated carbocycles. The Hall–Kier alpha value is -2.89. The lowest BCUT2D eigenvalue weighted by molar-refractivity contribution is -0.384. The van der Waals surface area contributed by atoms with Gasteiger partial charge in [-0.1, -0.05) is 0 Å². The number of fused-ring (bicyclic) bond motifs is 1. The minimum Gasteiger partial charge on any atom is -0.348 e. The molecule has 2 aromatic heterocycles. The van der Waals surface area contributed by atoms with Crippen LogP contribution < -0.4 is 0 Å². The van der Waals surface area contributed by atoms with Crippen LogP contribution >= 0.6 is 0 Å². The van der Waals surface area contributed by atoms with Gasteiger partial charge in [0, 0.05) is 42.5 Å². The topological polar surface area (TPSA) is 70.1 Å². The van der Waals surface area contributed by atoms with Gasteiger partial charge in [-0.15, -0.1) is 0 Å². The molecule has 3 aromatic rings. The predicted molar refractivity (Wildman–Crippen MR) is 78.3 cm³/mol. The average Bonchev–Trinajstić information content (AvgIpc) is 3.05. The zero-order chi connectivity index (χ0) is 15.0. The Balaban J connectivity index is 1.93. The fourth-order valence-corrected chi connectivity index (χ4v) is 2.43. The molecule has 0 unspecified atom stereocenters. The number of nitrogens with zero attached hydrogens (tertiary/aromatic N) is 3. The molecule has 0 N–H and O–H groups in total. The van der Waals surface area contributed by atoms with Gasteiger partial charge in [-0.25, -0.2) is 0 Å². The lowest BCUT2D eigenvalue weighted by atomic mass is 10.2. The molecule has 0 atom stereocenters. The first-order valence-electron chi connectivity index (χ1n) is 6.44. The first-order chi connectivity index (χ1) is 10.1. The molecule has 0 bridgehead atoms. The summed E-state index contributed by atoms with van der Waals surface area (Å²) in [5.41, 5.74) is 1.50. The Labute approximate surface area is 120 Å². The van der Waals surface area contributed by atoms with Crippen molar-refractivity contribution >= 4 is 22.4 Å². The van der Waals surface area contributed by atoms with Crippen molar-refractivity contribution in [1.82, 2.24) is 9.13 Å². The van der Waals surface area contributed by atoms with Crippen molar-refractivity contribution in [2.45, 2.75) is 6.54 Å². The number of hydrogen-bond donors (Lipinski definition) is 0. The molecule has 0 fully saturated rings. The van der Waals surface area contributed by atoms with Crippen molar-refractivity contribution < 1.29 is 9.72 Å². The van der Waals surface area contributed by atoms with Crippen molar-refractivity contribution in [2.75, 3.05) is 0 Å². The highest BCUT2D eigenvalue weighted by atomic mass is 16.6. The van der Waals surface area contributed by atoms with Crippen molar-refractivity contribution in [2.24, 2.45) is 7.05 Å². The third kappa shape index (κ3) is 2.31. The minimum absolute atomic E-state index is 0.00153. The fraction of sp³-hybridized carbons (Fsp3) is 0.133. The SMILES string of the molecule is Cn1cccc1C(=O)Cn1ccc2cc([N+](=O)[O-])ccc21. The van der Waals surface area contributed by atoms with E-state index in [0.29, 0.717) is 5.69 Å². The number of ketones is 1. The fourth-order valence-electron chi connectivity index (χ4n) is 2.43. The number of aromatic nitrogens is 2. The van der Waals surface area contributed by atoms with Gasteiger partial charge in [-0.05, 0) is 24.3 Å². The van der Waals surface area contributed by atoms with E-state index in [0.717, 1.165) is 10.9 Å². The van der Waals surface area contributed by atoms with Gasteiger partial charge in [0.05, 0.1) is 17.2 Å². The summed E-state index contributed by atoms with van der Waals surface area (Å²) in [5.74, 6) is -0.00153. The van der Waals surface area contributed by atoms with Gasteiger partial charge < -0.3 is 9.13 Å². The first kappa shape index (κ1) is 13.1. The second-order valence-electron chi connectivity index (χ2n) is 4.87. The van der Waals surface area contributed by atoms with E-state index < -0.39 is 4.92 Å². The van der Waals surface area contributed by atoms with E-state index in [-0.39, 0.29) is 18.0 Å². The Bertz CT molecular complexity index is 845. The van der Waals surface area contributed by atoms with Crippen molar-refractivity contribution in [3.63, 3.8) is 0 Å². The molecule has 1 aromatic carbocycles. The van der Waals surface area contributed by atoms with Gasteiger partial charge in [0.2, 0.25) is 0 Å². The Morgan fingerprint density at radius 3 is 2.71 bits per heavy atom. The molecular formula is C15H13N3O3. The predicted octanol–water partition coefficient (Wildman–Crippen LogP) is 2.77. The van der Waals surface area contributed by atoms with Crippen LogP contribution in [-0.4, -0.2) is 19.8 Å². The van der Waals surface area contributed by atoms with E-state index in [1.807, 2.05) is 19.3 Å². The molecular weight excluding hydrogens is 270 g/mol. The molecule has 0 aliphatic heterocycles. The molecule has 0 radical (unpaired) electrons. The van der Waals surface area contributed by atoms with Crippen LogP contribution in [-0.2, 0) is 13.6 Å². The lowest BCUT2D eigenvalue weighted by Crippen LogP contribution is -2.12. The van der Waals surface area contributed by atoms with Gasteiger partial charge >= 0.3 is 0 Å². The average molecular weight is 283 g/mol. The molecule has 0 amide bonds. The maximum absolute atomic E-state index is 12.3. The molecule has 6 nitrogen and oxygen atoms in total. The van der Waals surface area contributed by atoms with Crippen LogP contribution in [0.3, 0.4) is 0 Å². The third-order valence-electron chi connectivity index (χ3n) is 3.51. The zero-order valence-electron chi connectivity index (χ0n) is 11.4.